The first-order valence-corrected chi connectivity index (χ1v) is 8.05. The molecule has 0 bridgehead atoms. The van der Waals surface area contributed by atoms with Crippen LogP contribution in [0.2, 0.25) is 0 Å². The van der Waals surface area contributed by atoms with Crippen molar-refractivity contribution in [2.45, 2.75) is 44.6 Å². The van der Waals surface area contributed by atoms with Gasteiger partial charge in [0.1, 0.15) is 5.75 Å². The van der Waals surface area contributed by atoms with Gasteiger partial charge in [0.25, 0.3) is 0 Å². The molecule has 1 fully saturated rings. The predicted octanol–water partition coefficient (Wildman–Crippen LogP) is 3.91. The maximum absolute atomic E-state index is 6.17. The Morgan fingerprint density at radius 1 is 1.10 bits per heavy atom. The van der Waals surface area contributed by atoms with Crippen molar-refractivity contribution in [2.75, 3.05) is 6.54 Å². The summed E-state index contributed by atoms with van der Waals surface area (Å²) in [4.78, 5) is 4.14. The summed E-state index contributed by atoms with van der Waals surface area (Å²) in [6.45, 7) is 0.822. The number of nitrogens with two attached hydrogens (primary N) is 1. The molecule has 1 aromatic carbocycles. The molecule has 2 aromatic rings. The molecule has 1 aromatic heterocycles. The van der Waals surface area contributed by atoms with Gasteiger partial charge in [0.15, 0.2) is 0 Å². The van der Waals surface area contributed by atoms with Crippen molar-refractivity contribution in [1.29, 1.82) is 0 Å². The lowest BCUT2D eigenvalue weighted by Crippen LogP contribution is -2.24. The number of nitrogens with zero attached hydrogens (tertiary/aromatic N) is 1. The summed E-state index contributed by atoms with van der Waals surface area (Å²) < 4.78 is 6.17. The van der Waals surface area contributed by atoms with Crippen molar-refractivity contribution in [3.8, 4) is 5.75 Å². The Kier molecular flexibility index (Phi) is 4.71. The zero-order chi connectivity index (χ0) is 14.5. The van der Waals surface area contributed by atoms with Gasteiger partial charge in [-0.15, -0.1) is 0 Å². The molecule has 0 spiro atoms. The van der Waals surface area contributed by atoms with Crippen molar-refractivity contribution in [1.82, 2.24) is 4.98 Å². The fourth-order valence-corrected chi connectivity index (χ4v) is 3.27. The van der Waals surface area contributed by atoms with Crippen molar-refractivity contribution >= 4 is 10.8 Å². The van der Waals surface area contributed by atoms with Gasteiger partial charge in [-0.3, -0.25) is 4.98 Å². The highest BCUT2D eigenvalue weighted by Crippen LogP contribution is 2.31. The van der Waals surface area contributed by atoms with Crippen LogP contribution in [-0.4, -0.2) is 17.6 Å². The first kappa shape index (κ1) is 14.3. The molecule has 1 heterocycles. The van der Waals surface area contributed by atoms with E-state index in [0.717, 1.165) is 30.0 Å². The number of hydrogen-bond donors (Lipinski definition) is 1. The lowest BCUT2D eigenvalue weighted by molar-refractivity contribution is 0.128. The standard InChI is InChI=1S/C18H24N2O/c19-10-1-2-14-3-6-17(7-4-14)21-18-8-5-16-13-20-11-9-15(16)12-18/h5,8-9,11-14,17H,1-4,6-7,10,19H2. The van der Waals surface area contributed by atoms with Gasteiger partial charge in [-0.2, -0.15) is 0 Å². The number of benzene rings is 1. The molecule has 1 aliphatic rings. The van der Waals surface area contributed by atoms with Crippen LogP contribution in [0.3, 0.4) is 0 Å². The highest BCUT2D eigenvalue weighted by molar-refractivity contribution is 5.82. The minimum atomic E-state index is 0.374. The third kappa shape index (κ3) is 3.73. The Labute approximate surface area is 126 Å². The molecule has 112 valence electrons. The van der Waals surface area contributed by atoms with Crippen molar-refractivity contribution in [3.63, 3.8) is 0 Å². The molecule has 0 radical (unpaired) electrons. The van der Waals surface area contributed by atoms with E-state index in [4.69, 9.17) is 10.5 Å². The number of hydrogen-bond acceptors (Lipinski definition) is 3. The van der Waals surface area contributed by atoms with Crippen LogP contribution in [0.15, 0.2) is 36.7 Å². The van der Waals surface area contributed by atoms with E-state index in [1.54, 1.807) is 0 Å². The Balaban J connectivity index is 1.56. The van der Waals surface area contributed by atoms with E-state index in [-0.39, 0.29) is 0 Å². The largest absolute Gasteiger partial charge is 0.490 e. The van der Waals surface area contributed by atoms with E-state index in [1.807, 2.05) is 18.5 Å². The molecule has 0 atom stereocenters. The van der Waals surface area contributed by atoms with E-state index >= 15 is 0 Å². The van der Waals surface area contributed by atoms with E-state index in [0.29, 0.717) is 6.10 Å². The Hall–Kier alpha value is -1.61. The highest BCUT2D eigenvalue weighted by atomic mass is 16.5. The van der Waals surface area contributed by atoms with Crippen LogP contribution in [0.25, 0.3) is 10.8 Å². The van der Waals surface area contributed by atoms with E-state index in [2.05, 4.69) is 23.2 Å². The molecular weight excluding hydrogens is 260 g/mol. The molecule has 3 nitrogen and oxygen atoms in total. The second kappa shape index (κ2) is 6.90. The first-order chi connectivity index (χ1) is 10.3. The molecule has 0 aliphatic heterocycles. The van der Waals surface area contributed by atoms with E-state index < -0.39 is 0 Å². The van der Waals surface area contributed by atoms with Gasteiger partial charge in [-0.05, 0) is 80.6 Å². The maximum atomic E-state index is 6.17. The number of ether oxygens (including phenoxy) is 1. The van der Waals surface area contributed by atoms with E-state index in [1.165, 1.54) is 37.5 Å². The third-order valence-corrected chi connectivity index (χ3v) is 4.53. The summed E-state index contributed by atoms with van der Waals surface area (Å²) in [5.74, 6) is 1.84. The molecule has 1 aliphatic carbocycles. The Morgan fingerprint density at radius 3 is 2.76 bits per heavy atom. The summed E-state index contributed by atoms with van der Waals surface area (Å²) in [7, 11) is 0. The summed E-state index contributed by atoms with van der Waals surface area (Å²) in [6.07, 6.45) is 11.4. The van der Waals surface area contributed by atoms with Gasteiger partial charge < -0.3 is 10.5 Å². The lowest BCUT2D eigenvalue weighted by atomic mass is 9.84. The predicted molar refractivity (Wildman–Crippen MR) is 86.4 cm³/mol. The summed E-state index contributed by atoms with van der Waals surface area (Å²) in [5.41, 5.74) is 5.59. The fraction of sp³-hybridized carbons (Fsp3) is 0.500. The monoisotopic (exact) mass is 284 g/mol. The molecule has 0 unspecified atom stereocenters. The zero-order valence-corrected chi connectivity index (χ0v) is 12.5. The Bertz CT molecular complexity index is 576. The van der Waals surface area contributed by atoms with Crippen LogP contribution in [0, 0.1) is 5.92 Å². The minimum Gasteiger partial charge on any atom is -0.490 e. The van der Waals surface area contributed by atoms with Crippen LogP contribution in [0.4, 0.5) is 0 Å². The smallest absolute Gasteiger partial charge is 0.120 e. The number of fused-ring (bicyclic) bond motifs is 1. The first-order valence-electron chi connectivity index (χ1n) is 8.05. The summed E-state index contributed by atoms with van der Waals surface area (Å²) in [6, 6.07) is 8.30. The molecule has 0 saturated heterocycles. The highest BCUT2D eigenvalue weighted by Gasteiger charge is 2.22. The molecule has 21 heavy (non-hydrogen) atoms. The average molecular weight is 284 g/mol. The average Bonchev–Trinajstić information content (AvgIpc) is 2.54. The summed E-state index contributed by atoms with van der Waals surface area (Å²) >= 11 is 0. The second-order valence-corrected chi connectivity index (χ2v) is 6.08. The van der Waals surface area contributed by atoms with Crippen LogP contribution < -0.4 is 10.5 Å². The van der Waals surface area contributed by atoms with Gasteiger partial charge in [0, 0.05) is 17.8 Å². The normalized spacial score (nSPS) is 22.3. The number of rotatable bonds is 5. The van der Waals surface area contributed by atoms with Crippen LogP contribution in [0.5, 0.6) is 5.75 Å². The van der Waals surface area contributed by atoms with Crippen LogP contribution in [0.1, 0.15) is 38.5 Å². The zero-order valence-electron chi connectivity index (χ0n) is 12.5. The van der Waals surface area contributed by atoms with Gasteiger partial charge in [-0.25, -0.2) is 0 Å². The minimum absolute atomic E-state index is 0.374. The molecular formula is C18H24N2O. The Morgan fingerprint density at radius 2 is 1.95 bits per heavy atom. The molecule has 3 heteroatoms. The summed E-state index contributed by atoms with van der Waals surface area (Å²) in [5, 5.41) is 2.36. The van der Waals surface area contributed by atoms with Crippen molar-refractivity contribution in [3.05, 3.63) is 36.7 Å². The maximum Gasteiger partial charge on any atom is 0.120 e. The second-order valence-electron chi connectivity index (χ2n) is 6.08. The molecule has 1 saturated carbocycles. The van der Waals surface area contributed by atoms with Crippen LogP contribution in [-0.2, 0) is 0 Å². The number of pyridine rings is 1. The van der Waals surface area contributed by atoms with Crippen molar-refractivity contribution in [2.24, 2.45) is 11.7 Å². The van der Waals surface area contributed by atoms with Crippen LogP contribution >= 0.6 is 0 Å². The van der Waals surface area contributed by atoms with Crippen molar-refractivity contribution < 1.29 is 4.74 Å². The fourth-order valence-electron chi connectivity index (χ4n) is 3.27. The van der Waals surface area contributed by atoms with Gasteiger partial charge in [0.2, 0.25) is 0 Å². The quantitative estimate of drug-likeness (QED) is 0.905. The van der Waals surface area contributed by atoms with Gasteiger partial charge in [0.05, 0.1) is 6.10 Å². The molecule has 2 N–H and O–H groups in total. The van der Waals surface area contributed by atoms with Gasteiger partial charge >= 0.3 is 0 Å². The lowest BCUT2D eigenvalue weighted by Gasteiger charge is -2.29. The molecule has 0 amide bonds. The third-order valence-electron chi connectivity index (χ3n) is 4.53. The van der Waals surface area contributed by atoms with E-state index in [9.17, 15) is 0 Å². The van der Waals surface area contributed by atoms with Gasteiger partial charge in [-0.1, -0.05) is 0 Å². The SMILES string of the molecule is NCCCC1CCC(Oc2ccc3cnccc3c2)CC1. The molecule has 3 rings (SSSR count). The number of aromatic nitrogens is 1. The topological polar surface area (TPSA) is 48.1 Å².